The molecule has 0 radical (unpaired) electrons. The Morgan fingerprint density at radius 3 is 2.37 bits per heavy atom. The van der Waals surface area contributed by atoms with Gasteiger partial charge in [0.1, 0.15) is 24.2 Å². The summed E-state index contributed by atoms with van der Waals surface area (Å²) >= 11 is 0. The van der Waals surface area contributed by atoms with E-state index in [-0.39, 0.29) is 24.9 Å². The first-order valence-corrected chi connectivity index (χ1v) is 9.81. The Labute approximate surface area is 174 Å². The molecule has 11 heteroatoms. The Kier molecular flexibility index (Phi) is 11.9. The summed E-state index contributed by atoms with van der Waals surface area (Å²) in [5, 5.41) is 15.6. The van der Waals surface area contributed by atoms with Crippen LogP contribution >= 0.6 is 0 Å². The van der Waals surface area contributed by atoms with Gasteiger partial charge < -0.3 is 34.9 Å². The van der Waals surface area contributed by atoms with Crippen LogP contribution in [0, 0.1) is 0 Å². The van der Waals surface area contributed by atoms with E-state index in [2.05, 4.69) is 15.4 Å². The first-order valence-electron chi connectivity index (χ1n) is 9.81. The number of aliphatic hydroxyl groups excluding tert-OH is 1. The molecular weight excluding hydrogens is 407 g/mol. The Balaban J connectivity index is 0.00000218. The zero-order valence-electron chi connectivity index (χ0n) is 17.2. The summed E-state index contributed by atoms with van der Waals surface area (Å²) in [6.45, 7) is 7.29. The maximum Gasteiger partial charge on any atom is 0.573 e. The van der Waals surface area contributed by atoms with E-state index in [9.17, 15) is 23.1 Å². The average Bonchev–Trinajstić information content (AvgIpc) is 2.74. The van der Waals surface area contributed by atoms with Gasteiger partial charge in [-0.05, 0) is 24.3 Å². The monoisotopic (exact) mass is 437 g/mol. The van der Waals surface area contributed by atoms with Gasteiger partial charge in [0.2, 0.25) is 0 Å². The third-order valence-corrected chi connectivity index (χ3v) is 3.76. The quantitative estimate of drug-likeness (QED) is 0.512. The van der Waals surface area contributed by atoms with Crippen molar-refractivity contribution in [1.82, 2.24) is 15.5 Å². The summed E-state index contributed by atoms with van der Waals surface area (Å²) in [6.07, 6.45) is -5.56. The predicted octanol–water partition coefficient (Wildman–Crippen LogP) is 1.98. The second kappa shape index (κ2) is 13.9. The topological polar surface area (TPSA) is 92.3 Å². The molecule has 172 valence electrons. The maximum absolute atomic E-state index is 12.1. The van der Waals surface area contributed by atoms with E-state index in [0.717, 1.165) is 12.1 Å². The highest BCUT2D eigenvalue weighted by molar-refractivity contribution is 5.74. The maximum atomic E-state index is 12.1. The average molecular weight is 437 g/mol. The SMILES string of the molecule is CC.O=C(NCCNCC(O)COc1ccc(OC(F)(F)F)cc1)N1CCOCC1. The van der Waals surface area contributed by atoms with Crippen LogP contribution in [0.3, 0.4) is 0 Å². The lowest BCUT2D eigenvalue weighted by Gasteiger charge is -2.27. The molecule has 1 atom stereocenters. The highest BCUT2D eigenvalue weighted by Gasteiger charge is 2.31. The van der Waals surface area contributed by atoms with Crippen molar-refractivity contribution >= 4 is 6.03 Å². The highest BCUT2D eigenvalue weighted by atomic mass is 19.4. The van der Waals surface area contributed by atoms with E-state index in [0.29, 0.717) is 45.1 Å². The second-order valence-corrected chi connectivity index (χ2v) is 6.02. The summed E-state index contributed by atoms with van der Waals surface area (Å²) in [7, 11) is 0. The predicted molar refractivity (Wildman–Crippen MR) is 105 cm³/mol. The van der Waals surface area contributed by atoms with Crippen molar-refractivity contribution < 1.29 is 37.3 Å². The summed E-state index contributed by atoms with van der Waals surface area (Å²) in [6, 6.07) is 4.76. The number of carbonyl (C=O) groups excluding carboxylic acids is 1. The van der Waals surface area contributed by atoms with Crippen LogP contribution in [0.2, 0.25) is 0 Å². The van der Waals surface area contributed by atoms with Crippen LogP contribution in [0.4, 0.5) is 18.0 Å². The molecule has 1 aromatic rings. The van der Waals surface area contributed by atoms with E-state index in [1.807, 2.05) is 13.8 Å². The lowest BCUT2D eigenvalue weighted by molar-refractivity contribution is -0.274. The van der Waals surface area contributed by atoms with Gasteiger partial charge in [0.15, 0.2) is 0 Å². The Morgan fingerprint density at radius 1 is 1.17 bits per heavy atom. The number of aliphatic hydroxyl groups is 1. The van der Waals surface area contributed by atoms with Crippen molar-refractivity contribution in [2.45, 2.75) is 26.3 Å². The molecule has 0 spiro atoms. The molecular formula is C19H30F3N3O5. The number of rotatable bonds is 9. The lowest BCUT2D eigenvalue weighted by atomic mass is 10.3. The number of hydrogen-bond acceptors (Lipinski definition) is 6. The smallest absolute Gasteiger partial charge is 0.491 e. The number of nitrogens with zero attached hydrogens (tertiary/aromatic N) is 1. The van der Waals surface area contributed by atoms with Gasteiger partial charge in [-0.1, -0.05) is 13.8 Å². The summed E-state index contributed by atoms with van der Waals surface area (Å²) < 4.78 is 50.5. The number of morpholine rings is 1. The van der Waals surface area contributed by atoms with Crippen molar-refractivity contribution in [3.63, 3.8) is 0 Å². The van der Waals surface area contributed by atoms with Crippen molar-refractivity contribution in [3.8, 4) is 11.5 Å². The van der Waals surface area contributed by atoms with Crippen molar-refractivity contribution in [3.05, 3.63) is 24.3 Å². The number of amides is 2. The molecule has 1 saturated heterocycles. The second-order valence-electron chi connectivity index (χ2n) is 6.02. The van der Waals surface area contributed by atoms with Gasteiger partial charge in [-0.25, -0.2) is 4.79 Å². The number of nitrogens with one attached hydrogen (secondary N) is 2. The zero-order valence-corrected chi connectivity index (χ0v) is 17.2. The van der Waals surface area contributed by atoms with Crippen LogP contribution < -0.4 is 20.1 Å². The molecule has 1 aliphatic rings. The molecule has 0 aromatic heterocycles. The number of urea groups is 1. The molecule has 1 fully saturated rings. The number of benzene rings is 1. The standard InChI is InChI=1S/C17H24F3N3O5.C2H6/c18-17(19,20)28-15-3-1-14(2-4-15)27-12-13(24)11-21-5-6-22-16(25)23-7-9-26-10-8-23;1-2/h1-4,13,21,24H,5-12H2,(H,22,25);1-2H3. The molecule has 0 aliphatic carbocycles. The first-order chi connectivity index (χ1) is 14.3. The number of hydrogen-bond donors (Lipinski definition) is 3. The Bertz CT molecular complexity index is 596. The Morgan fingerprint density at radius 2 is 1.77 bits per heavy atom. The summed E-state index contributed by atoms with van der Waals surface area (Å²) in [5.41, 5.74) is 0. The number of alkyl halides is 3. The van der Waals surface area contributed by atoms with Crippen LogP contribution in [0.25, 0.3) is 0 Å². The van der Waals surface area contributed by atoms with E-state index in [1.54, 1.807) is 4.90 Å². The van der Waals surface area contributed by atoms with Gasteiger partial charge in [-0.2, -0.15) is 0 Å². The number of ether oxygens (including phenoxy) is 3. The van der Waals surface area contributed by atoms with Crippen LogP contribution in [-0.4, -0.2) is 81.0 Å². The molecule has 1 heterocycles. The zero-order chi connectivity index (χ0) is 22.4. The van der Waals surface area contributed by atoms with Crippen molar-refractivity contribution in [2.24, 2.45) is 0 Å². The van der Waals surface area contributed by atoms with Crippen LogP contribution in [0.15, 0.2) is 24.3 Å². The molecule has 0 bridgehead atoms. The minimum Gasteiger partial charge on any atom is -0.491 e. The van der Waals surface area contributed by atoms with Gasteiger partial charge >= 0.3 is 12.4 Å². The summed E-state index contributed by atoms with van der Waals surface area (Å²) in [4.78, 5) is 13.5. The highest BCUT2D eigenvalue weighted by Crippen LogP contribution is 2.24. The molecule has 1 aromatic carbocycles. The number of carbonyl (C=O) groups is 1. The van der Waals surface area contributed by atoms with E-state index < -0.39 is 12.5 Å². The van der Waals surface area contributed by atoms with Gasteiger partial charge in [-0.15, -0.1) is 13.2 Å². The first kappa shape index (κ1) is 25.8. The largest absolute Gasteiger partial charge is 0.573 e. The molecule has 0 saturated carbocycles. The Hall–Kier alpha value is -2.24. The van der Waals surface area contributed by atoms with Crippen LogP contribution in [0.5, 0.6) is 11.5 Å². The molecule has 3 N–H and O–H groups in total. The van der Waals surface area contributed by atoms with E-state index >= 15 is 0 Å². The molecule has 30 heavy (non-hydrogen) atoms. The third-order valence-electron chi connectivity index (χ3n) is 3.76. The van der Waals surface area contributed by atoms with Gasteiger partial charge in [0, 0.05) is 32.7 Å². The molecule has 1 unspecified atom stereocenters. The van der Waals surface area contributed by atoms with E-state index in [4.69, 9.17) is 9.47 Å². The fraction of sp³-hybridized carbons (Fsp3) is 0.632. The van der Waals surface area contributed by atoms with Crippen molar-refractivity contribution in [2.75, 3.05) is 52.5 Å². The lowest BCUT2D eigenvalue weighted by Crippen LogP contribution is -2.47. The van der Waals surface area contributed by atoms with Gasteiger partial charge in [0.25, 0.3) is 0 Å². The minimum atomic E-state index is -4.74. The molecule has 1 aliphatic heterocycles. The van der Waals surface area contributed by atoms with Crippen LogP contribution in [0.1, 0.15) is 13.8 Å². The normalized spacial score (nSPS) is 14.9. The minimum absolute atomic E-state index is 0.0351. The molecule has 8 nitrogen and oxygen atoms in total. The third kappa shape index (κ3) is 11.1. The number of halogens is 3. The van der Waals surface area contributed by atoms with Gasteiger partial charge in [-0.3, -0.25) is 0 Å². The van der Waals surface area contributed by atoms with E-state index in [1.165, 1.54) is 12.1 Å². The van der Waals surface area contributed by atoms with Crippen LogP contribution in [-0.2, 0) is 4.74 Å². The van der Waals surface area contributed by atoms with Gasteiger partial charge in [0.05, 0.1) is 13.2 Å². The summed E-state index contributed by atoms with van der Waals surface area (Å²) in [5.74, 6) is -0.0347. The molecule has 2 amide bonds. The fourth-order valence-electron chi connectivity index (χ4n) is 2.39. The van der Waals surface area contributed by atoms with Crippen molar-refractivity contribution in [1.29, 1.82) is 0 Å². The molecule has 2 rings (SSSR count). The fourth-order valence-corrected chi connectivity index (χ4v) is 2.39.